The van der Waals surface area contributed by atoms with E-state index in [1.54, 1.807) is 30.3 Å². The summed E-state index contributed by atoms with van der Waals surface area (Å²) in [6, 6.07) is 17.1. The second-order valence-corrected chi connectivity index (χ2v) is 6.82. The van der Waals surface area contributed by atoms with E-state index < -0.39 is 5.91 Å². The number of halogens is 1. The zero-order valence-electron chi connectivity index (χ0n) is 14.5. The number of ketones is 1. The molecule has 0 atom stereocenters. The minimum atomic E-state index is -0.404. The molecule has 3 aromatic rings. The number of carbonyl (C=O) groups is 2. The molecule has 0 aliphatic carbocycles. The lowest BCUT2D eigenvalue weighted by atomic mass is 10.1. The Balaban J connectivity index is 1.78. The molecule has 0 radical (unpaired) electrons. The quantitative estimate of drug-likeness (QED) is 0.634. The van der Waals surface area contributed by atoms with E-state index in [9.17, 15) is 14.4 Å². The van der Waals surface area contributed by atoms with Crippen LogP contribution in [-0.4, -0.2) is 21.5 Å². The van der Waals surface area contributed by atoms with Crippen LogP contribution in [0, 0.1) is 0 Å². The molecule has 0 aliphatic rings. The highest BCUT2D eigenvalue weighted by atomic mass is 79.9. The molecule has 0 saturated heterocycles. The number of hydrogen-bond donors (Lipinski definition) is 1. The topological polar surface area (TPSA) is 81.1 Å². The smallest absolute Gasteiger partial charge is 0.267 e. The fraction of sp³-hybridized carbons (Fsp3) is 0.100. The van der Waals surface area contributed by atoms with Crippen molar-refractivity contribution in [2.45, 2.75) is 13.5 Å². The number of amides is 1. The zero-order valence-corrected chi connectivity index (χ0v) is 16.1. The molecule has 7 heteroatoms. The summed E-state index contributed by atoms with van der Waals surface area (Å²) in [5, 5.41) is 6.96. The van der Waals surface area contributed by atoms with Crippen LogP contribution in [0.2, 0.25) is 0 Å². The Labute approximate surface area is 164 Å². The lowest BCUT2D eigenvalue weighted by molar-refractivity contribution is -0.117. The first-order chi connectivity index (χ1) is 12.9. The predicted octanol–water partition coefficient (Wildman–Crippen LogP) is 3.51. The van der Waals surface area contributed by atoms with Gasteiger partial charge in [0.05, 0.1) is 5.69 Å². The highest BCUT2D eigenvalue weighted by Gasteiger charge is 2.09. The van der Waals surface area contributed by atoms with E-state index in [4.69, 9.17) is 0 Å². The molecule has 3 rings (SSSR count). The first-order valence-corrected chi connectivity index (χ1v) is 8.96. The maximum atomic E-state index is 12.3. The highest BCUT2D eigenvalue weighted by Crippen LogP contribution is 2.18. The van der Waals surface area contributed by atoms with Gasteiger partial charge < -0.3 is 5.32 Å². The second kappa shape index (κ2) is 8.09. The predicted molar refractivity (Wildman–Crippen MR) is 107 cm³/mol. The van der Waals surface area contributed by atoms with E-state index in [-0.39, 0.29) is 17.9 Å². The lowest BCUT2D eigenvalue weighted by Crippen LogP contribution is -2.29. The van der Waals surface area contributed by atoms with Crippen LogP contribution < -0.4 is 10.9 Å². The molecule has 0 saturated carbocycles. The monoisotopic (exact) mass is 425 g/mol. The van der Waals surface area contributed by atoms with Gasteiger partial charge in [0.1, 0.15) is 6.54 Å². The molecule has 1 N–H and O–H groups in total. The lowest BCUT2D eigenvalue weighted by Gasteiger charge is -2.09. The maximum Gasteiger partial charge on any atom is 0.267 e. The van der Waals surface area contributed by atoms with Crippen molar-refractivity contribution >= 4 is 33.3 Å². The fourth-order valence-electron chi connectivity index (χ4n) is 2.49. The number of Topliss-reactive ketones (excluding diaryl/α,β-unsaturated/α-hetero) is 1. The molecule has 0 fully saturated rings. The molecule has 0 aliphatic heterocycles. The maximum absolute atomic E-state index is 12.3. The van der Waals surface area contributed by atoms with E-state index in [1.807, 2.05) is 24.3 Å². The van der Waals surface area contributed by atoms with Crippen LogP contribution in [0.25, 0.3) is 11.3 Å². The molecule has 2 aromatic carbocycles. The summed E-state index contributed by atoms with van der Waals surface area (Å²) in [6.07, 6.45) is 0. The molecule has 1 aromatic heterocycles. The molecule has 6 nitrogen and oxygen atoms in total. The van der Waals surface area contributed by atoms with Crippen molar-refractivity contribution in [2.75, 3.05) is 5.32 Å². The zero-order chi connectivity index (χ0) is 19.4. The largest absolute Gasteiger partial charge is 0.324 e. The fourth-order valence-corrected chi connectivity index (χ4v) is 2.75. The molecule has 1 amide bonds. The third kappa shape index (κ3) is 4.77. The van der Waals surface area contributed by atoms with Crippen LogP contribution in [0.4, 0.5) is 5.69 Å². The van der Waals surface area contributed by atoms with Gasteiger partial charge in [-0.05, 0) is 37.3 Å². The van der Waals surface area contributed by atoms with Gasteiger partial charge in [-0.15, -0.1) is 0 Å². The third-order valence-electron chi connectivity index (χ3n) is 3.85. The first-order valence-electron chi connectivity index (χ1n) is 8.17. The Bertz CT molecular complexity index is 1060. The Hall–Kier alpha value is -3.06. The number of nitrogens with zero attached hydrogens (tertiary/aromatic N) is 2. The summed E-state index contributed by atoms with van der Waals surface area (Å²) in [7, 11) is 0. The Morgan fingerprint density at radius 1 is 1.07 bits per heavy atom. The number of anilines is 1. The molecule has 1 heterocycles. The van der Waals surface area contributed by atoms with Gasteiger partial charge >= 0.3 is 0 Å². The molecular formula is C20H16BrN3O3. The number of hydrogen-bond acceptors (Lipinski definition) is 4. The highest BCUT2D eigenvalue weighted by molar-refractivity contribution is 9.10. The number of aromatic nitrogens is 2. The van der Waals surface area contributed by atoms with Gasteiger partial charge in [-0.25, -0.2) is 4.68 Å². The van der Waals surface area contributed by atoms with Crippen molar-refractivity contribution in [3.8, 4) is 11.3 Å². The van der Waals surface area contributed by atoms with E-state index >= 15 is 0 Å². The summed E-state index contributed by atoms with van der Waals surface area (Å²) in [5.74, 6) is -0.496. The van der Waals surface area contributed by atoms with Crippen molar-refractivity contribution in [1.29, 1.82) is 0 Å². The van der Waals surface area contributed by atoms with Crippen molar-refractivity contribution in [3.63, 3.8) is 0 Å². The van der Waals surface area contributed by atoms with Crippen molar-refractivity contribution in [3.05, 3.63) is 81.1 Å². The van der Waals surface area contributed by atoms with Gasteiger partial charge in [0.25, 0.3) is 5.56 Å². The van der Waals surface area contributed by atoms with Crippen LogP contribution >= 0.6 is 15.9 Å². The summed E-state index contributed by atoms with van der Waals surface area (Å²) in [4.78, 5) is 35.8. The van der Waals surface area contributed by atoms with E-state index in [0.717, 1.165) is 14.7 Å². The molecule has 0 bridgehead atoms. The van der Waals surface area contributed by atoms with Crippen LogP contribution in [-0.2, 0) is 11.3 Å². The minimum absolute atomic E-state index is 0.0915. The van der Waals surface area contributed by atoms with Gasteiger partial charge in [-0.1, -0.05) is 40.2 Å². The Morgan fingerprint density at radius 2 is 1.81 bits per heavy atom. The van der Waals surface area contributed by atoms with Crippen LogP contribution in [0.3, 0.4) is 0 Å². The van der Waals surface area contributed by atoms with Gasteiger partial charge in [-0.3, -0.25) is 14.4 Å². The molecule has 136 valence electrons. The van der Waals surface area contributed by atoms with E-state index in [2.05, 4.69) is 26.3 Å². The normalized spacial score (nSPS) is 10.4. The van der Waals surface area contributed by atoms with Gasteiger partial charge in [0.15, 0.2) is 5.78 Å². The molecular weight excluding hydrogens is 410 g/mol. The minimum Gasteiger partial charge on any atom is -0.324 e. The van der Waals surface area contributed by atoms with Gasteiger partial charge in [0, 0.05) is 27.4 Å². The number of carbonyl (C=O) groups excluding carboxylic acids is 2. The van der Waals surface area contributed by atoms with Crippen molar-refractivity contribution < 1.29 is 9.59 Å². The Kier molecular flexibility index (Phi) is 5.61. The van der Waals surface area contributed by atoms with E-state index in [1.165, 1.54) is 13.0 Å². The second-order valence-electron chi connectivity index (χ2n) is 5.91. The summed E-state index contributed by atoms with van der Waals surface area (Å²) in [6.45, 7) is 1.23. The van der Waals surface area contributed by atoms with Gasteiger partial charge in [-0.2, -0.15) is 5.10 Å². The van der Waals surface area contributed by atoms with Crippen molar-refractivity contribution in [1.82, 2.24) is 9.78 Å². The van der Waals surface area contributed by atoms with Crippen molar-refractivity contribution in [2.24, 2.45) is 0 Å². The third-order valence-corrected chi connectivity index (χ3v) is 4.38. The van der Waals surface area contributed by atoms with Crippen LogP contribution in [0.15, 0.2) is 69.9 Å². The number of benzene rings is 2. The summed E-state index contributed by atoms with van der Waals surface area (Å²) < 4.78 is 2.05. The number of nitrogens with one attached hydrogen (secondary N) is 1. The molecule has 27 heavy (non-hydrogen) atoms. The summed E-state index contributed by atoms with van der Waals surface area (Å²) in [5.41, 5.74) is 2.05. The average Bonchev–Trinajstić information content (AvgIpc) is 2.64. The van der Waals surface area contributed by atoms with Gasteiger partial charge in [0.2, 0.25) is 5.91 Å². The average molecular weight is 426 g/mol. The van der Waals surface area contributed by atoms with Crippen LogP contribution in [0.5, 0.6) is 0 Å². The molecule has 0 spiro atoms. The summed E-state index contributed by atoms with van der Waals surface area (Å²) >= 11 is 3.37. The standard InChI is InChI=1S/C20H16BrN3O3/c1-13(25)15-3-2-4-17(11-15)22-19(26)12-24-20(27)10-9-18(23-24)14-5-7-16(21)8-6-14/h2-11H,12H2,1H3,(H,22,26). The molecule has 0 unspecified atom stereocenters. The Morgan fingerprint density at radius 3 is 2.52 bits per heavy atom. The van der Waals surface area contributed by atoms with Crippen LogP contribution in [0.1, 0.15) is 17.3 Å². The first kappa shape index (κ1) is 18.7. The number of rotatable bonds is 5. The van der Waals surface area contributed by atoms with E-state index in [0.29, 0.717) is 16.9 Å². The SMILES string of the molecule is CC(=O)c1cccc(NC(=O)Cn2nc(-c3ccc(Br)cc3)ccc2=O)c1.